The maximum absolute atomic E-state index is 12.4. The molecule has 1 aliphatic rings. The van der Waals surface area contributed by atoms with Crippen LogP contribution in [0, 0.1) is 0 Å². The van der Waals surface area contributed by atoms with Crippen molar-refractivity contribution in [2.24, 2.45) is 0 Å². The molecule has 0 bridgehead atoms. The van der Waals surface area contributed by atoms with Gasteiger partial charge in [-0.25, -0.2) is 0 Å². The molecule has 2 heterocycles. The first-order chi connectivity index (χ1) is 10.3. The molecule has 0 spiro atoms. The summed E-state index contributed by atoms with van der Waals surface area (Å²) in [5, 5.41) is 7.01. The van der Waals surface area contributed by atoms with E-state index in [1.807, 2.05) is 25.1 Å². The lowest BCUT2D eigenvalue weighted by Gasteiger charge is -2.21. The van der Waals surface area contributed by atoms with E-state index < -0.39 is 0 Å². The summed E-state index contributed by atoms with van der Waals surface area (Å²) in [4.78, 5) is 15.3. The molecule has 1 fully saturated rings. The van der Waals surface area contributed by atoms with Crippen molar-refractivity contribution in [1.29, 1.82) is 0 Å². The molecule has 0 saturated carbocycles. The zero-order valence-corrected chi connectivity index (χ0v) is 12.8. The second kappa shape index (κ2) is 6.22. The molecule has 1 N–H and O–H groups in total. The quantitative estimate of drug-likeness (QED) is 0.943. The Labute approximate surface area is 128 Å². The Kier molecular flexibility index (Phi) is 4.15. The second-order valence-corrected chi connectivity index (χ2v) is 5.82. The highest BCUT2D eigenvalue weighted by atomic mass is 32.1. The van der Waals surface area contributed by atoms with E-state index in [9.17, 15) is 4.79 Å². The lowest BCUT2D eigenvalue weighted by molar-refractivity contribution is 0.102. The SMILES string of the molecule is CCc1nnsc1C(=O)Nc1ccccc1N1CCCC1. The van der Waals surface area contributed by atoms with Crippen molar-refractivity contribution in [1.82, 2.24) is 9.59 Å². The lowest BCUT2D eigenvalue weighted by Crippen LogP contribution is -2.21. The van der Waals surface area contributed by atoms with Gasteiger partial charge < -0.3 is 10.2 Å². The molecule has 1 aromatic heterocycles. The van der Waals surface area contributed by atoms with Crippen LogP contribution in [0.15, 0.2) is 24.3 Å². The summed E-state index contributed by atoms with van der Waals surface area (Å²) in [7, 11) is 0. The number of para-hydroxylation sites is 2. The van der Waals surface area contributed by atoms with Crippen molar-refractivity contribution >= 4 is 28.8 Å². The van der Waals surface area contributed by atoms with Gasteiger partial charge in [0.25, 0.3) is 5.91 Å². The third kappa shape index (κ3) is 2.90. The van der Waals surface area contributed by atoms with Crippen molar-refractivity contribution in [3.8, 4) is 0 Å². The van der Waals surface area contributed by atoms with E-state index >= 15 is 0 Å². The van der Waals surface area contributed by atoms with Crippen LogP contribution in [0.4, 0.5) is 11.4 Å². The molecule has 1 amide bonds. The topological polar surface area (TPSA) is 58.1 Å². The Bertz CT molecular complexity index is 634. The van der Waals surface area contributed by atoms with E-state index in [-0.39, 0.29) is 5.91 Å². The average molecular weight is 302 g/mol. The first-order valence-corrected chi connectivity index (χ1v) is 8.03. The molecule has 1 aromatic carbocycles. The number of rotatable bonds is 4. The first kappa shape index (κ1) is 14.0. The monoisotopic (exact) mass is 302 g/mol. The number of nitrogens with zero attached hydrogens (tertiary/aromatic N) is 3. The molecule has 0 radical (unpaired) electrons. The summed E-state index contributed by atoms with van der Waals surface area (Å²) in [6, 6.07) is 7.97. The van der Waals surface area contributed by atoms with Crippen molar-refractivity contribution in [2.75, 3.05) is 23.3 Å². The van der Waals surface area contributed by atoms with Gasteiger partial charge in [-0.05, 0) is 42.9 Å². The molecule has 2 aromatic rings. The van der Waals surface area contributed by atoms with Gasteiger partial charge in [-0.1, -0.05) is 23.5 Å². The molecule has 3 rings (SSSR count). The van der Waals surface area contributed by atoms with Gasteiger partial charge in [-0.3, -0.25) is 4.79 Å². The van der Waals surface area contributed by atoms with Crippen LogP contribution in [-0.2, 0) is 6.42 Å². The molecule has 5 nitrogen and oxygen atoms in total. The van der Waals surface area contributed by atoms with Crippen LogP contribution >= 0.6 is 11.5 Å². The third-order valence-electron chi connectivity index (χ3n) is 3.70. The van der Waals surface area contributed by atoms with Crippen LogP contribution in [0.1, 0.15) is 35.1 Å². The van der Waals surface area contributed by atoms with E-state index in [1.54, 1.807) is 0 Å². The fourth-order valence-corrected chi connectivity index (χ4v) is 3.25. The van der Waals surface area contributed by atoms with Crippen molar-refractivity contribution < 1.29 is 4.79 Å². The maximum Gasteiger partial charge on any atom is 0.269 e. The number of anilines is 2. The van der Waals surface area contributed by atoms with Crippen molar-refractivity contribution in [3.05, 3.63) is 34.8 Å². The molecule has 1 saturated heterocycles. The number of hydrogen-bond acceptors (Lipinski definition) is 5. The van der Waals surface area contributed by atoms with Gasteiger partial charge in [-0.15, -0.1) is 5.10 Å². The summed E-state index contributed by atoms with van der Waals surface area (Å²) < 4.78 is 3.88. The van der Waals surface area contributed by atoms with Gasteiger partial charge in [0.2, 0.25) is 0 Å². The van der Waals surface area contributed by atoms with Gasteiger partial charge in [0, 0.05) is 13.1 Å². The van der Waals surface area contributed by atoms with Gasteiger partial charge in [0.1, 0.15) is 4.88 Å². The van der Waals surface area contributed by atoms with Crippen LogP contribution in [0.3, 0.4) is 0 Å². The molecular weight excluding hydrogens is 284 g/mol. The first-order valence-electron chi connectivity index (χ1n) is 7.26. The molecule has 0 aliphatic carbocycles. The normalized spacial score (nSPS) is 14.4. The number of hydrogen-bond donors (Lipinski definition) is 1. The summed E-state index contributed by atoms with van der Waals surface area (Å²) >= 11 is 1.15. The Morgan fingerprint density at radius 3 is 2.86 bits per heavy atom. The van der Waals surface area contributed by atoms with Gasteiger partial charge in [0.05, 0.1) is 17.1 Å². The fraction of sp³-hybridized carbons (Fsp3) is 0.400. The summed E-state index contributed by atoms with van der Waals surface area (Å²) in [5.41, 5.74) is 2.72. The molecule has 21 heavy (non-hydrogen) atoms. The second-order valence-electron chi connectivity index (χ2n) is 5.07. The highest BCUT2D eigenvalue weighted by molar-refractivity contribution is 7.08. The molecule has 0 atom stereocenters. The van der Waals surface area contributed by atoms with E-state index in [4.69, 9.17) is 0 Å². The minimum atomic E-state index is -0.117. The predicted molar refractivity (Wildman–Crippen MR) is 85.1 cm³/mol. The molecule has 0 unspecified atom stereocenters. The number of aromatic nitrogens is 2. The Morgan fingerprint density at radius 2 is 2.10 bits per heavy atom. The zero-order valence-electron chi connectivity index (χ0n) is 12.0. The molecule has 6 heteroatoms. The minimum Gasteiger partial charge on any atom is -0.370 e. The fourth-order valence-electron chi connectivity index (χ4n) is 2.60. The van der Waals surface area contributed by atoms with E-state index in [2.05, 4.69) is 25.9 Å². The highest BCUT2D eigenvalue weighted by Gasteiger charge is 2.19. The number of benzene rings is 1. The molecule has 110 valence electrons. The summed E-state index contributed by atoms with van der Waals surface area (Å²) in [6.45, 7) is 4.08. The smallest absolute Gasteiger partial charge is 0.269 e. The largest absolute Gasteiger partial charge is 0.370 e. The van der Waals surface area contributed by atoms with Crippen molar-refractivity contribution in [3.63, 3.8) is 0 Å². The van der Waals surface area contributed by atoms with Gasteiger partial charge in [-0.2, -0.15) is 0 Å². The molecular formula is C15H18N4OS. The average Bonchev–Trinajstić information content (AvgIpc) is 3.19. The summed E-state index contributed by atoms with van der Waals surface area (Å²) in [6.07, 6.45) is 3.13. The van der Waals surface area contributed by atoms with E-state index in [1.165, 1.54) is 12.8 Å². The lowest BCUT2D eigenvalue weighted by atomic mass is 10.2. The predicted octanol–water partition coefficient (Wildman–Crippen LogP) is 2.95. The Balaban J connectivity index is 1.83. The van der Waals surface area contributed by atoms with E-state index in [0.717, 1.165) is 41.7 Å². The van der Waals surface area contributed by atoms with Crippen LogP contribution in [0.2, 0.25) is 0 Å². The van der Waals surface area contributed by atoms with Crippen LogP contribution in [-0.4, -0.2) is 28.6 Å². The minimum absolute atomic E-state index is 0.117. The Hall–Kier alpha value is -1.95. The number of carbonyl (C=O) groups excluding carboxylic acids is 1. The number of nitrogens with one attached hydrogen (secondary N) is 1. The number of carbonyl (C=O) groups is 1. The Morgan fingerprint density at radius 1 is 1.33 bits per heavy atom. The number of amides is 1. The van der Waals surface area contributed by atoms with Crippen molar-refractivity contribution in [2.45, 2.75) is 26.2 Å². The van der Waals surface area contributed by atoms with Crippen LogP contribution < -0.4 is 10.2 Å². The van der Waals surface area contributed by atoms with Crippen LogP contribution in [0.25, 0.3) is 0 Å². The maximum atomic E-state index is 12.4. The van der Waals surface area contributed by atoms with Crippen LogP contribution in [0.5, 0.6) is 0 Å². The van der Waals surface area contributed by atoms with E-state index in [0.29, 0.717) is 11.3 Å². The van der Waals surface area contributed by atoms with Gasteiger partial charge in [0.15, 0.2) is 0 Å². The standard InChI is InChI=1S/C15H18N4OS/c1-2-11-14(21-18-17-11)15(20)16-12-7-3-4-8-13(12)19-9-5-6-10-19/h3-4,7-8H,2,5-6,9-10H2,1H3,(H,16,20). The molecule has 1 aliphatic heterocycles. The van der Waals surface area contributed by atoms with Gasteiger partial charge >= 0.3 is 0 Å². The summed E-state index contributed by atoms with van der Waals surface area (Å²) in [5.74, 6) is -0.117. The highest BCUT2D eigenvalue weighted by Crippen LogP contribution is 2.29. The zero-order chi connectivity index (χ0) is 14.7. The third-order valence-corrected chi connectivity index (χ3v) is 4.46. The number of aryl methyl sites for hydroxylation is 1.